The Hall–Kier alpha value is -3.36. The van der Waals surface area contributed by atoms with Crippen LogP contribution >= 0.6 is 0 Å². The fraction of sp³-hybridized carbons (Fsp3) is 0.391. The number of nitrogens with one attached hydrogen (secondary N) is 2. The second-order valence-electron chi connectivity index (χ2n) is 7.14. The van der Waals surface area contributed by atoms with Gasteiger partial charge in [0.25, 0.3) is 5.91 Å². The van der Waals surface area contributed by atoms with Crippen LogP contribution in [-0.2, 0) is 13.0 Å². The SMILES string of the molecule is CCNC(=NCc1ccc(OC)c(OC(F)F)c1)NCCc1cccc(C(=O)N(C)C)c1. The summed E-state index contributed by atoms with van der Waals surface area (Å²) in [6.45, 7) is 0.559. The third-order valence-electron chi connectivity index (χ3n) is 4.49. The van der Waals surface area contributed by atoms with Gasteiger partial charge in [0.15, 0.2) is 17.5 Å². The van der Waals surface area contributed by atoms with Gasteiger partial charge in [-0.25, -0.2) is 4.99 Å². The van der Waals surface area contributed by atoms with E-state index in [1.54, 1.807) is 37.2 Å². The van der Waals surface area contributed by atoms with Crippen molar-refractivity contribution in [2.24, 2.45) is 4.99 Å². The minimum Gasteiger partial charge on any atom is -0.493 e. The molecule has 1 amide bonds. The highest BCUT2D eigenvalue weighted by Gasteiger charge is 2.11. The number of amides is 1. The first kappa shape index (κ1) is 24.9. The number of nitrogens with zero attached hydrogens (tertiary/aromatic N) is 2. The Labute approximate surface area is 187 Å². The van der Waals surface area contributed by atoms with Gasteiger partial charge in [-0.3, -0.25) is 4.79 Å². The summed E-state index contributed by atoms with van der Waals surface area (Å²) in [5.41, 5.74) is 2.38. The van der Waals surface area contributed by atoms with Crippen LogP contribution in [0.4, 0.5) is 8.78 Å². The molecule has 0 radical (unpaired) electrons. The van der Waals surface area contributed by atoms with Crippen LogP contribution in [0.2, 0.25) is 0 Å². The molecule has 2 aromatic carbocycles. The molecule has 2 rings (SSSR count). The fourth-order valence-electron chi connectivity index (χ4n) is 2.96. The number of hydrogen-bond donors (Lipinski definition) is 2. The van der Waals surface area contributed by atoms with Gasteiger partial charge in [0, 0.05) is 32.7 Å². The normalized spacial score (nSPS) is 11.3. The number of aliphatic imine (C=N–C) groups is 1. The molecule has 0 fully saturated rings. The molecule has 0 bridgehead atoms. The molecule has 174 valence electrons. The average molecular weight is 449 g/mol. The number of benzene rings is 2. The van der Waals surface area contributed by atoms with Crippen molar-refractivity contribution in [1.29, 1.82) is 0 Å². The Balaban J connectivity index is 2.00. The molecule has 0 unspecified atom stereocenters. The maximum absolute atomic E-state index is 12.6. The van der Waals surface area contributed by atoms with Crippen molar-refractivity contribution in [3.63, 3.8) is 0 Å². The highest BCUT2D eigenvalue weighted by atomic mass is 19.3. The van der Waals surface area contributed by atoms with Crippen molar-refractivity contribution in [2.75, 3.05) is 34.3 Å². The molecule has 0 saturated carbocycles. The zero-order valence-corrected chi connectivity index (χ0v) is 18.8. The number of rotatable bonds is 10. The molecule has 7 nitrogen and oxygen atoms in total. The van der Waals surface area contributed by atoms with Crippen LogP contribution in [0.3, 0.4) is 0 Å². The average Bonchev–Trinajstić information content (AvgIpc) is 2.76. The molecule has 0 aliphatic carbocycles. The molecule has 2 N–H and O–H groups in total. The lowest BCUT2D eigenvalue weighted by Crippen LogP contribution is -2.38. The first-order valence-electron chi connectivity index (χ1n) is 10.3. The third kappa shape index (κ3) is 7.72. The molecule has 0 atom stereocenters. The first-order chi connectivity index (χ1) is 15.3. The zero-order valence-electron chi connectivity index (χ0n) is 18.8. The van der Waals surface area contributed by atoms with E-state index < -0.39 is 6.61 Å². The van der Waals surface area contributed by atoms with E-state index in [2.05, 4.69) is 20.4 Å². The Morgan fingerprint density at radius 1 is 1.09 bits per heavy atom. The molecule has 0 aliphatic heterocycles. The van der Waals surface area contributed by atoms with Gasteiger partial charge in [0.1, 0.15) is 0 Å². The smallest absolute Gasteiger partial charge is 0.387 e. The predicted molar refractivity (Wildman–Crippen MR) is 121 cm³/mol. The summed E-state index contributed by atoms with van der Waals surface area (Å²) in [4.78, 5) is 18.2. The van der Waals surface area contributed by atoms with E-state index in [0.717, 1.165) is 5.56 Å². The monoisotopic (exact) mass is 448 g/mol. The lowest BCUT2D eigenvalue weighted by molar-refractivity contribution is -0.0512. The minimum absolute atomic E-state index is 0.0275. The van der Waals surface area contributed by atoms with Crippen LogP contribution in [0.15, 0.2) is 47.5 Å². The number of methoxy groups -OCH3 is 1. The number of guanidine groups is 1. The van der Waals surface area contributed by atoms with Gasteiger partial charge in [0.2, 0.25) is 0 Å². The molecular weight excluding hydrogens is 418 g/mol. The molecule has 0 saturated heterocycles. The van der Waals surface area contributed by atoms with Crippen LogP contribution < -0.4 is 20.1 Å². The summed E-state index contributed by atoms with van der Waals surface area (Å²) in [7, 11) is 4.84. The van der Waals surface area contributed by atoms with Gasteiger partial charge in [0.05, 0.1) is 13.7 Å². The van der Waals surface area contributed by atoms with E-state index in [4.69, 9.17) is 4.74 Å². The zero-order chi connectivity index (χ0) is 23.5. The molecule has 0 spiro atoms. The number of ether oxygens (including phenoxy) is 2. The maximum atomic E-state index is 12.6. The second-order valence-corrected chi connectivity index (χ2v) is 7.14. The highest BCUT2D eigenvalue weighted by molar-refractivity contribution is 5.94. The summed E-state index contributed by atoms with van der Waals surface area (Å²) in [5, 5.41) is 6.40. The fourth-order valence-corrected chi connectivity index (χ4v) is 2.96. The lowest BCUT2D eigenvalue weighted by atomic mass is 10.1. The first-order valence-corrected chi connectivity index (χ1v) is 10.3. The van der Waals surface area contributed by atoms with E-state index in [9.17, 15) is 13.6 Å². The Kier molecular flexibility index (Phi) is 9.72. The molecular formula is C23H30F2N4O3. The second kappa shape index (κ2) is 12.5. The third-order valence-corrected chi connectivity index (χ3v) is 4.49. The minimum atomic E-state index is -2.94. The molecule has 32 heavy (non-hydrogen) atoms. The van der Waals surface area contributed by atoms with E-state index in [1.807, 2.05) is 25.1 Å². The van der Waals surface area contributed by atoms with Gasteiger partial charge in [-0.05, 0) is 48.7 Å². The maximum Gasteiger partial charge on any atom is 0.387 e. The van der Waals surface area contributed by atoms with Crippen molar-refractivity contribution in [3.8, 4) is 11.5 Å². The topological polar surface area (TPSA) is 75.2 Å². The van der Waals surface area contributed by atoms with Crippen molar-refractivity contribution < 1.29 is 23.0 Å². The van der Waals surface area contributed by atoms with E-state index in [1.165, 1.54) is 13.2 Å². The number of alkyl halides is 2. The standard InChI is InChI=1S/C23H30F2N4O3/c1-5-26-23(27-12-11-16-7-6-8-18(13-16)21(30)29(2)3)28-15-17-9-10-19(31-4)20(14-17)32-22(24)25/h6-10,13-14,22H,5,11-12,15H2,1-4H3,(H2,26,27,28). The molecule has 2 aromatic rings. The van der Waals surface area contributed by atoms with Gasteiger partial charge in [-0.1, -0.05) is 18.2 Å². The van der Waals surface area contributed by atoms with E-state index in [0.29, 0.717) is 36.6 Å². The van der Waals surface area contributed by atoms with E-state index in [-0.39, 0.29) is 24.0 Å². The Bertz CT molecular complexity index is 920. The number of carbonyl (C=O) groups excluding carboxylic acids is 1. The summed E-state index contributed by atoms with van der Waals surface area (Å²) >= 11 is 0. The molecule has 0 aromatic heterocycles. The van der Waals surface area contributed by atoms with Crippen LogP contribution in [0, 0.1) is 0 Å². The van der Waals surface area contributed by atoms with Crippen LogP contribution in [-0.4, -0.2) is 57.7 Å². The van der Waals surface area contributed by atoms with Gasteiger partial charge in [-0.2, -0.15) is 8.78 Å². The summed E-state index contributed by atoms with van der Waals surface area (Å²) in [6.07, 6.45) is 0.702. The quantitative estimate of drug-likeness (QED) is 0.431. The van der Waals surface area contributed by atoms with Crippen LogP contribution in [0.25, 0.3) is 0 Å². The molecule has 0 aliphatic rings. The largest absolute Gasteiger partial charge is 0.493 e. The summed E-state index contributed by atoms with van der Waals surface area (Å²) in [5.74, 6) is 0.767. The summed E-state index contributed by atoms with van der Waals surface area (Å²) in [6, 6.07) is 12.3. The van der Waals surface area contributed by atoms with Crippen molar-refractivity contribution in [2.45, 2.75) is 26.5 Å². The van der Waals surface area contributed by atoms with Crippen LogP contribution in [0.5, 0.6) is 11.5 Å². The number of carbonyl (C=O) groups is 1. The van der Waals surface area contributed by atoms with Crippen molar-refractivity contribution in [3.05, 3.63) is 59.2 Å². The van der Waals surface area contributed by atoms with E-state index >= 15 is 0 Å². The Morgan fingerprint density at radius 3 is 2.53 bits per heavy atom. The van der Waals surface area contributed by atoms with Crippen molar-refractivity contribution >= 4 is 11.9 Å². The van der Waals surface area contributed by atoms with Gasteiger partial charge < -0.3 is 25.0 Å². The van der Waals surface area contributed by atoms with Crippen molar-refractivity contribution in [1.82, 2.24) is 15.5 Å². The highest BCUT2D eigenvalue weighted by Crippen LogP contribution is 2.29. The van der Waals surface area contributed by atoms with Crippen LogP contribution in [0.1, 0.15) is 28.4 Å². The van der Waals surface area contributed by atoms with Gasteiger partial charge in [-0.15, -0.1) is 0 Å². The molecule has 9 heteroatoms. The lowest BCUT2D eigenvalue weighted by Gasteiger charge is -2.13. The number of hydrogen-bond acceptors (Lipinski definition) is 4. The Morgan fingerprint density at radius 2 is 1.88 bits per heavy atom. The number of halogens is 2. The van der Waals surface area contributed by atoms with Gasteiger partial charge >= 0.3 is 6.61 Å². The molecule has 0 heterocycles. The summed E-state index contributed by atoms with van der Waals surface area (Å²) < 4.78 is 34.8. The predicted octanol–water partition coefficient (Wildman–Crippen LogP) is 3.30.